The molecule has 12 heteroatoms. The van der Waals surface area contributed by atoms with Crippen molar-refractivity contribution in [2.24, 2.45) is 0 Å². The van der Waals surface area contributed by atoms with E-state index in [1.807, 2.05) is 25.1 Å². The molecular weight excluding hydrogens is 487 g/mol. The first kappa shape index (κ1) is 26.6. The largest absolute Gasteiger partial charge is 0.534 e. The Balaban J connectivity index is 1.77. The van der Waals surface area contributed by atoms with Gasteiger partial charge in [0.1, 0.15) is 0 Å². The molecule has 1 aliphatic heterocycles. The summed E-state index contributed by atoms with van der Waals surface area (Å²) in [6.45, 7) is 7.10. The third kappa shape index (κ3) is 6.17. The molecule has 1 amide bonds. The Morgan fingerprint density at radius 1 is 1.06 bits per heavy atom. The highest BCUT2D eigenvalue weighted by Crippen LogP contribution is 2.35. The molecule has 0 bridgehead atoms. The number of rotatable bonds is 7. The number of benzene rings is 2. The number of hydrogen-bond acceptors (Lipinski definition) is 7. The van der Waals surface area contributed by atoms with Gasteiger partial charge in [0.2, 0.25) is 0 Å². The Bertz CT molecular complexity index is 1180. The van der Waals surface area contributed by atoms with Gasteiger partial charge < -0.3 is 24.0 Å². The summed E-state index contributed by atoms with van der Waals surface area (Å²) in [5, 5.41) is 2.87. The molecule has 1 fully saturated rings. The van der Waals surface area contributed by atoms with E-state index in [0.717, 1.165) is 43.5 Å². The number of methoxy groups -OCH3 is 1. The van der Waals surface area contributed by atoms with Crippen molar-refractivity contribution in [2.45, 2.75) is 25.4 Å². The van der Waals surface area contributed by atoms with Gasteiger partial charge >= 0.3 is 15.6 Å². The molecule has 35 heavy (non-hydrogen) atoms. The summed E-state index contributed by atoms with van der Waals surface area (Å²) in [7, 11) is -2.61. The van der Waals surface area contributed by atoms with Gasteiger partial charge in [-0.2, -0.15) is 21.6 Å². The number of ether oxygens (including phenoxy) is 1. The van der Waals surface area contributed by atoms with E-state index in [0.29, 0.717) is 11.1 Å². The second-order valence-corrected chi connectivity index (χ2v) is 9.92. The first-order valence-electron chi connectivity index (χ1n) is 10.9. The third-order valence-electron chi connectivity index (χ3n) is 5.85. The maximum Gasteiger partial charge on any atom is 0.534 e. The van der Waals surface area contributed by atoms with Crippen LogP contribution in [0.2, 0.25) is 0 Å². The molecule has 8 nitrogen and oxygen atoms in total. The fraction of sp³-hybridized carbons (Fsp3) is 0.435. The fourth-order valence-electron chi connectivity index (χ4n) is 3.66. The first-order chi connectivity index (χ1) is 16.3. The molecule has 0 unspecified atom stereocenters. The van der Waals surface area contributed by atoms with E-state index < -0.39 is 27.4 Å². The Morgan fingerprint density at radius 2 is 1.71 bits per heavy atom. The lowest BCUT2D eigenvalue weighted by atomic mass is 10.0. The van der Waals surface area contributed by atoms with Gasteiger partial charge in [0.15, 0.2) is 11.5 Å². The van der Waals surface area contributed by atoms with Gasteiger partial charge in [-0.25, -0.2) is 0 Å². The normalized spacial score (nSPS) is 16.0. The number of nitrogens with zero attached hydrogens (tertiary/aromatic N) is 2. The first-order valence-corrected chi connectivity index (χ1v) is 12.3. The second-order valence-electron chi connectivity index (χ2n) is 8.38. The van der Waals surface area contributed by atoms with Crippen LogP contribution in [0.15, 0.2) is 36.4 Å². The maximum atomic E-state index is 13.1. The molecule has 0 radical (unpaired) electrons. The van der Waals surface area contributed by atoms with Crippen molar-refractivity contribution in [3.05, 3.63) is 53.1 Å². The monoisotopic (exact) mass is 515 g/mol. The van der Waals surface area contributed by atoms with Crippen molar-refractivity contribution in [1.29, 1.82) is 0 Å². The van der Waals surface area contributed by atoms with Gasteiger partial charge in [0, 0.05) is 37.4 Å². The van der Waals surface area contributed by atoms with E-state index in [4.69, 9.17) is 4.74 Å². The highest BCUT2D eigenvalue weighted by molar-refractivity contribution is 7.88. The second kappa shape index (κ2) is 10.3. The van der Waals surface area contributed by atoms with Crippen LogP contribution in [-0.2, 0) is 10.1 Å². The van der Waals surface area contributed by atoms with E-state index >= 15 is 0 Å². The summed E-state index contributed by atoms with van der Waals surface area (Å²) >= 11 is 0. The lowest BCUT2D eigenvalue weighted by Crippen LogP contribution is -2.44. The molecule has 1 N–H and O–H groups in total. The van der Waals surface area contributed by atoms with Crippen molar-refractivity contribution < 1.29 is 35.3 Å². The number of alkyl halides is 3. The Morgan fingerprint density at radius 3 is 2.31 bits per heavy atom. The molecule has 1 atom stereocenters. The van der Waals surface area contributed by atoms with Crippen LogP contribution in [0, 0.1) is 6.92 Å². The molecule has 0 aromatic heterocycles. The number of nitrogens with one attached hydrogen (secondary N) is 1. The van der Waals surface area contributed by atoms with Gasteiger partial charge in [0.05, 0.1) is 13.2 Å². The zero-order chi connectivity index (χ0) is 26.0. The summed E-state index contributed by atoms with van der Waals surface area (Å²) in [5.74, 6) is -1.14. The molecule has 1 saturated heterocycles. The van der Waals surface area contributed by atoms with E-state index in [-0.39, 0.29) is 11.7 Å². The average Bonchev–Trinajstić information content (AvgIpc) is 2.79. The Hall–Kier alpha value is -2.99. The number of halogens is 3. The van der Waals surface area contributed by atoms with Crippen LogP contribution in [0.25, 0.3) is 0 Å². The zero-order valence-corrected chi connectivity index (χ0v) is 20.7. The summed E-state index contributed by atoms with van der Waals surface area (Å²) in [6.07, 6.45) is 0. The van der Waals surface area contributed by atoms with E-state index in [1.165, 1.54) is 19.2 Å². The number of amides is 1. The van der Waals surface area contributed by atoms with Crippen molar-refractivity contribution in [3.63, 3.8) is 0 Å². The van der Waals surface area contributed by atoms with Crippen LogP contribution >= 0.6 is 0 Å². The Kier molecular flexibility index (Phi) is 7.85. The molecule has 0 spiro atoms. The Labute approximate surface area is 202 Å². The molecule has 2 aromatic carbocycles. The molecule has 0 aliphatic carbocycles. The number of carbonyl (C=O) groups is 1. The van der Waals surface area contributed by atoms with Crippen LogP contribution in [0.4, 0.5) is 18.9 Å². The fourth-order valence-corrected chi connectivity index (χ4v) is 4.13. The summed E-state index contributed by atoms with van der Waals surface area (Å²) in [5.41, 5.74) is -2.83. The van der Waals surface area contributed by atoms with Crippen LogP contribution in [0.5, 0.6) is 11.5 Å². The van der Waals surface area contributed by atoms with Crippen molar-refractivity contribution in [3.8, 4) is 11.5 Å². The predicted octanol–water partition coefficient (Wildman–Crippen LogP) is 3.47. The van der Waals surface area contributed by atoms with E-state index in [9.17, 15) is 26.4 Å². The SMILES string of the molecule is COc1cc([C@@H](C)NC(=O)c2cc(N3CCN(C)CC3)ccc2C)ccc1OS(=O)(=O)C(F)(F)F. The highest BCUT2D eigenvalue weighted by Gasteiger charge is 2.49. The molecule has 1 heterocycles. The van der Waals surface area contributed by atoms with Crippen LogP contribution in [0.1, 0.15) is 34.5 Å². The molecule has 1 aliphatic rings. The van der Waals surface area contributed by atoms with Crippen molar-refractivity contribution >= 4 is 21.7 Å². The standard InChI is InChI=1S/C23H28F3N3O5S/c1-15-5-7-18(29-11-9-28(3)10-12-29)14-19(15)22(30)27-16(2)17-6-8-20(21(13-17)33-4)34-35(31,32)23(24,25)26/h5-8,13-14,16H,9-12H2,1-4H3,(H,27,30)/t16-/m1/s1. The zero-order valence-electron chi connectivity index (χ0n) is 19.8. The summed E-state index contributed by atoms with van der Waals surface area (Å²) < 4.78 is 69.9. The number of carbonyl (C=O) groups excluding carboxylic acids is 1. The highest BCUT2D eigenvalue weighted by atomic mass is 32.2. The summed E-state index contributed by atoms with van der Waals surface area (Å²) in [6, 6.07) is 8.91. The van der Waals surface area contributed by atoms with Crippen molar-refractivity contribution in [1.82, 2.24) is 10.2 Å². The van der Waals surface area contributed by atoms with Crippen LogP contribution in [0.3, 0.4) is 0 Å². The molecule has 0 saturated carbocycles. The molecular formula is C23H28F3N3O5S. The molecule has 192 valence electrons. The average molecular weight is 516 g/mol. The van der Waals surface area contributed by atoms with Gasteiger partial charge in [0.25, 0.3) is 5.91 Å². The molecule has 3 rings (SSSR count). The minimum Gasteiger partial charge on any atom is -0.493 e. The number of likely N-dealkylation sites (N-methyl/N-ethyl adjacent to an activating group) is 1. The minimum atomic E-state index is -5.85. The van der Waals surface area contributed by atoms with Crippen molar-refractivity contribution in [2.75, 3.05) is 45.2 Å². The smallest absolute Gasteiger partial charge is 0.493 e. The number of piperazine rings is 1. The lowest BCUT2D eigenvalue weighted by Gasteiger charge is -2.34. The lowest BCUT2D eigenvalue weighted by molar-refractivity contribution is -0.0500. The predicted molar refractivity (Wildman–Crippen MR) is 125 cm³/mol. The maximum absolute atomic E-state index is 13.1. The third-order valence-corrected chi connectivity index (χ3v) is 6.82. The van der Waals surface area contributed by atoms with E-state index in [1.54, 1.807) is 6.92 Å². The minimum absolute atomic E-state index is 0.218. The topological polar surface area (TPSA) is 88.2 Å². The van der Waals surface area contributed by atoms with Crippen LogP contribution < -0.4 is 19.1 Å². The molecule has 2 aromatic rings. The summed E-state index contributed by atoms with van der Waals surface area (Å²) in [4.78, 5) is 17.5. The number of hydrogen-bond donors (Lipinski definition) is 1. The van der Waals surface area contributed by atoms with Gasteiger partial charge in [-0.05, 0) is 56.3 Å². The number of anilines is 1. The van der Waals surface area contributed by atoms with E-state index in [2.05, 4.69) is 26.3 Å². The van der Waals surface area contributed by atoms with Crippen LogP contribution in [-0.4, -0.2) is 65.1 Å². The number of aryl methyl sites for hydroxylation is 1. The van der Waals surface area contributed by atoms with Gasteiger partial charge in [-0.1, -0.05) is 12.1 Å². The quantitative estimate of drug-likeness (QED) is 0.446. The van der Waals surface area contributed by atoms with Gasteiger partial charge in [-0.3, -0.25) is 4.79 Å². The van der Waals surface area contributed by atoms with Gasteiger partial charge in [-0.15, -0.1) is 0 Å².